The number of benzene rings is 3. The summed E-state index contributed by atoms with van der Waals surface area (Å²) in [5.41, 5.74) is 3.54. The van der Waals surface area contributed by atoms with Crippen LogP contribution in [0.4, 0.5) is 0 Å². The predicted octanol–water partition coefficient (Wildman–Crippen LogP) is 4.01. The smallest absolute Gasteiger partial charge is 0.259 e. The van der Waals surface area contributed by atoms with Crippen molar-refractivity contribution < 1.29 is 14.3 Å². The number of hydrogen-bond donors (Lipinski definition) is 2. The lowest BCUT2D eigenvalue weighted by atomic mass is 10.2. The van der Waals surface area contributed by atoms with E-state index in [9.17, 15) is 9.59 Å². The van der Waals surface area contributed by atoms with E-state index in [4.69, 9.17) is 16.3 Å². The molecular formula is C22H18ClN3O3. The van der Waals surface area contributed by atoms with E-state index in [2.05, 4.69) is 15.8 Å². The van der Waals surface area contributed by atoms with Crippen LogP contribution in [0.1, 0.15) is 15.9 Å². The number of hydrazone groups is 1. The van der Waals surface area contributed by atoms with Crippen molar-refractivity contribution in [3.63, 3.8) is 0 Å². The van der Waals surface area contributed by atoms with Crippen LogP contribution >= 0.6 is 11.6 Å². The Hall–Kier alpha value is -3.64. The highest BCUT2D eigenvalue weighted by Gasteiger charge is 2.07. The van der Waals surface area contributed by atoms with Gasteiger partial charge < -0.3 is 10.1 Å². The molecular weight excluding hydrogens is 390 g/mol. The summed E-state index contributed by atoms with van der Waals surface area (Å²) in [4.78, 5) is 23.8. The lowest BCUT2D eigenvalue weighted by Crippen LogP contribution is -2.34. The first kappa shape index (κ1) is 20.1. The standard InChI is InChI=1S/C22H18ClN3O3/c23-18-11-9-17(10-12-18)22(28)24-15-21(27)26-25-14-16-5-4-8-20(13-16)29-19-6-2-1-3-7-19/h1-14H,15H2,(H,24,28)(H,26,27). The molecule has 2 N–H and O–H groups in total. The molecule has 2 amide bonds. The summed E-state index contributed by atoms with van der Waals surface area (Å²) in [5.74, 6) is 0.569. The molecule has 146 valence electrons. The summed E-state index contributed by atoms with van der Waals surface area (Å²) < 4.78 is 5.76. The highest BCUT2D eigenvalue weighted by Crippen LogP contribution is 2.21. The van der Waals surface area contributed by atoms with Crippen LogP contribution in [0.5, 0.6) is 11.5 Å². The monoisotopic (exact) mass is 407 g/mol. The van der Waals surface area contributed by atoms with Gasteiger partial charge in [0, 0.05) is 10.6 Å². The van der Waals surface area contributed by atoms with Crippen molar-refractivity contribution in [3.05, 3.63) is 95.0 Å². The van der Waals surface area contributed by atoms with Crippen molar-refractivity contribution in [2.45, 2.75) is 0 Å². The molecule has 3 aromatic rings. The number of ether oxygens (including phenoxy) is 1. The zero-order valence-corrected chi connectivity index (χ0v) is 16.1. The fourth-order valence-electron chi connectivity index (χ4n) is 2.37. The van der Waals surface area contributed by atoms with Crippen molar-refractivity contribution >= 4 is 29.6 Å². The van der Waals surface area contributed by atoms with Gasteiger partial charge in [-0.25, -0.2) is 5.43 Å². The van der Waals surface area contributed by atoms with Crippen molar-refractivity contribution in [2.75, 3.05) is 6.54 Å². The Morgan fingerprint density at radius 3 is 2.41 bits per heavy atom. The SMILES string of the molecule is O=C(CNC(=O)c1ccc(Cl)cc1)NN=Cc1cccc(Oc2ccccc2)c1. The molecule has 0 atom stereocenters. The van der Waals surface area contributed by atoms with Crippen molar-refractivity contribution in [1.29, 1.82) is 0 Å². The van der Waals surface area contributed by atoms with E-state index in [-0.39, 0.29) is 12.5 Å². The van der Waals surface area contributed by atoms with Crippen LogP contribution in [0.15, 0.2) is 84.0 Å². The average molecular weight is 408 g/mol. The quantitative estimate of drug-likeness (QED) is 0.458. The van der Waals surface area contributed by atoms with Crippen molar-refractivity contribution in [2.24, 2.45) is 5.10 Å². The molecule has 0 heterocycles. The van der Waals surface area contributed by atoms with E-state index in [1.807, 2.05) is 48.5 Å². The molecule has 6 nitrogen and oxygen atoms in total. The normalized spacial score (nSPS) is 10.5. The summed E-state index contributed by atoms with van der Waals surface area (Å²) >= 11 is 5.78. The van der Waals surface area contributed by atoms with Crippen LogP contribution in [0.3, 0.4) is 0 Å². The van der Waals surface area contributed by atoms with Gasteiger partial charge in [0.2, 0.25) is 0 Å². The fraction of sp³-hybridized carbons (Fsp3) is 0.0455. The third-order valence-corrected chi connectivity index (χ3v) is 4.01. The minimum absolute atomic E-state index is 0.198. The number of rotatable bonds is 7. The van der Waals surface area contributed by atoms with Gasteiger partial charge in [0.25, 0.3) is 11.8 Å². The lowest BCUT2D eigenvalue weighted by molar-refractivity contribution is -0.120. The highest BCUT2D eigenvalue weighted by molar-refractivity contribution is 6.30. The van der Waals surface area contributed by atoms with Gasteiger partial charge in [0.1, 0.15) is 11.5 Å². The number of hydrogen-bond acceptors (Lipinski definition) is 4. The number of nitrogens with zero attached hydrogens (tertiary/aromatic N) is 1. The minimum atomic E-state index is -0.444. The van der Waals surface area contributed by atoms with Crippen LogP contribution in [-0.4, -0.2) is 24.6 Å². The Kier molecular flexibility index (Phi) is 6.97. The van der Waals surface area contributed by atoms with E-state index in [1.165, 1.54) is 6.21 Å². The number of carbonyl (C=O) groups excluding carboxylic acids is 2. The zero-order valence-electron chi connectivity index (χ0n) is 15.3. The topological polar surface area (TPSA) is 79.8 Å². The second-order valence-electron chi connectivity index (χ2n) is 5.97. The Balaban J connectivity index is 1.48. The third-order valence-electron chi connectivity index (χ3n) is 3.76. The van der Waals surface area contributed by atoms with Gasteiger partial charge in [-0.15, -0.1) is 0 Å². The van der Waals surface area contributed by atoms with Crippen LogP contribution in [0.25, 0.3) is 0 Å². The second kappa shape index (κ2) is 10.1. The van der Waals surface area contributed by atoms with Crippen molar-refractivity contribution in [3.8, 4) is 11.5 Å². The number of amides is 2. The Morgan fingerprint density at radius 1 is 0.931 bits per heavy atom. The summed E-state index contributed by atoms with van der Waals surface area (Å²) in [6.07, 6.45) is 1.50. The van der Waals surface area contributed by atoms with Gasteiger partial charge in [-0.3, -0.25) is 9.59 Å². The number of carbonyl (C=O) groups is 2. The molecule has 0 bridgehead atoms. The Labute approximate surface area is 173 Å². The predicted molar refractivity (Wildman–Crippen MR) is 112 cm³/mol. The van der Waals surface area contributed by atoms with Gasteiger partial charge >= 0.3 is 0 Å². The molecule has 0 aliphatic heterocycles. The first-order valence-corrected chi connectivity index (χ1v) is 9.16. The molecule has 0 fully saturated rings. The highest BCUT2D eigenvalue weighted by atomic mass is 35.5. The minimum Gasteiger partial charge on any atom is -0.457 e. The van der Waals surface area contributed by atoms with E-state index in [0.717, 1.165) is 11.3 Å². The molecule has 0 aromatic heterocycles. The average Bonchev–Trinajstić information content (AvgIpc) is 2.73. The zero-order chi connectivity index (χ0) is 20.5. The van der Waals surface area contributed by atoms with Gasteiger partial charge in [-0.1, -0.05) is 41.9 Å². The molecule has 0 unspecified atom stereocenters. The van der Waals surface area contributed by atoms with E-state index >= 15 is 0 Å². The van der Waals surface area contributed by atoms with Gasteiger partial charge in [0.05, 0.1) is 12.8 Å². The Bertz CT molecular complexity index is 1010. The van der Waals surface area contributed by atoms with E-state index in [1.54, 1.807) is 30.3 Å². The van der Waals surface area contributed by atoms with E-state index < -0.39 is 5.91 Å². The first-order chi connectivity index (χ1) is 14.1. The largest absolute Gasteiger partial charge is 0.457 e. The lowest BCUT2D eigenvalue weighted by Gasteiger charge is -2.06. The van der Waals surface area contributed by atoms with Crippen LogP contribution < -0.4 is 15.5 Å². The fourth-order valence-corrected chi connectivity index (χ4v) is 2.49. The first-order valence-electron chi connectivity index (χ1n) is 8.79. The molecule has 3 aromatic carbocycles. The van der Waals surface area contributed by atoms with Crippen molar-refractivity contribution in [1.82, 2.24) is 10.7 Å². The molecule has 0 spiro atoms. The van der Waals surface area contributed by atoms with Crippen LogP contribution in [-0.2, 0) is 4.79 Å². The summed E-state index contributed by atoms with van der Waals surface area (Å²) in [6, 6.07) is 23.1. The molecule has 7 heteroatoms. The molecule has 0 aliphatic rings. The maximum atomic E-state index is 12.0. The summed E-state index contributed by atoms with van der Waals surface area (Å²) in [5, 5.41) is 6.95. The van der Waals surface area contributed by atoms with Gasteiger partial charge in [-0.2, -0.15) is 5.10 Å². The van der Waals surface area contributed by atoms with Crippen LogP contribution in [0.2, 0.25) is 5.02 Å². The molecule has 0 saturated carbocycles. The Morgan fingerprint density at radius 2 is 1.66 bits per heavy atom. The van der Waals surface area contributed by atoms with Crippen LogP contribution in [0, 0.1) is 0 Å². The molecule has 29 heavy (non-hydrogen) atoms. The second-order valence-corrected chi connectivity index (χ2v) is 6.41. The summed E-state index contributed by atoms with van der Waals surface area (Å²) in [6.45, 7) is -0.198. The summed E-state index contributed by atoms with van der Waals surface area (Å²) in [7, 11) is 0. The third kappa shape index (κ3) is 6.48. The molecule has 3 rings (SSSR count). The number of halogens is 1. The molecule has 0 radical (unpaired) electrons. The van der Waals surface area contributed by atoms with Gasteiger partial charge in [0.15, 0.2) is 0 Å². The van der Waals surface area contributed by atoms with E-state index in [0.29, 0.717) is 16.3 Å². The van der Waals surface area contributed by atoms with Gasteiger partial charge in [-0.05, 0) is 54.1 Å². The number of nitrogens with one attached hydrogen (secondary N) is 2. The molecule has 0 saturated heterocycles. The maximum Gasteiger partial charge on any atom is 0.259 e. The molecule has 0 aliphatic carbocycles. The number of para-hydroxylation sites is 1. The maximum absolute atomic E-state index is 12.0.